The van der Waals surface area contributed by atoms with Crippen molar-refractivity contribution in [3.63, 3.8) is 0 Å². The monoisotopic (exact) mass is 511 g/mol. The van der Waals surface area contributed by atoms with Crippen molar-refractivity contribution in [1.82, 2.24) is 15.5 Å². The molecule has 0 aliphatic carbocycles. The molecule has 10 nitrogen and oxygen atoms in total. The summed E-state index contributed by atoms with van der Waals surface area (Å²) in [5.74, 6) is 1.25. The minimum absolute atomic E-state index is 0. The highest BCUT2D eigenvalue weighted by Crippen LogP contribution is 2.22. The van der Waals surface area contributed by atoms with Gasteiger partial charge in [-0.3, -0.25) is 14.4 Å². The van der Waals surface area contributed by atoms with Crippen LogP contribution >= 0.6 is 12.4 Å². The maximum absolute atomic E-state index is 12.8. The van der Waals surface area contributed by atoms with Gasteiger partial charge in [-0.05, 0) is 58.0 Å². The maximum Gasteiger partial charge on any atom is 0.519 e. The number of aryl methyl sites for hydroxylation is 1. The third-order valence-corrected chi connectivity index (χ3v) is 6.46. The highest BCUT2D eigenvalue weighted by molar-refractivity contribution is 5.85. The van der Waals surface area contributed by atoms with Gasteiger partial charge in [0.2, 0.25) is 11.8 Å². The summed E-state index contributed by atoms with van der Waals surface area (Å²) in [6.07, 6.45) is 10.3. The van der Waals surface area contributed by atoms with Gasteiger partial charge in [0.15, 0.2) is 18.1 Å². The molecule has 0 spiro atoms. The zero-order chi connectivity index (χ0) is 24.5. The van der Waals surface area contributed by atoms with E-state index in [4.69, 9.17) is 20.0 Å². The number of hydrogen-bond acceptors (Lipinski definition) is 8. The van der Waals surface area contributed by atoms with Crippen LogP contribution in [0.2, 0.25) is 0 Å². The summed E-state index contributed by atoms with van der Waals surface area (Å²) in [5, 5.41) is 6.04. The number of nitrogens with one attached hydrogen (secondary N) is 2. The van der Waals surface area contributed by atoms with Crippen molar-refractivity contribution in [3.05, 3.63) is 22.1 Å². The number of nitrogens with zero attached hydrogens (tertiary/aromatic N) is 1. The molecule has 2 atom stereocenters. The normalized spacial score (nSPS) is 19.2. The second-order valence-electron chi connectivity index (χ2n) is 8.94. The molecular formula is C24H34ClN3O7. The van der Waals surface area contributed by atoms with Crippen molar-refractivity contribution < 1.29 is 28.0 Å². The first-order valence-electron chi connectivity index (χ1n) is 11.9. The minimum atomic E-state index is -0.872. The fraction of sp³-hybridized carbons (Fsp3) is 0.667. The summed E-state index contributed by atoms with van der Waals surface area (Å²) in [6, 6.07) is -0.844. The lowest BCUT2D eigenvalue weighted by atomic mass is 9.92. The number of amides is 2. The molecular weight excluding hydrogens is 478 g/mol. The van der Waals surface area contributed by atoms with E-state index in [1.165, 1.54) is 6.92 Å². The predicted octanol–water partition coefficient (Wildman–Crippen LogP) is 1.53. The lowest BCUT2D eigenvalue weighted by Gasteiger charge is -2.33. The van der Waals surface area contributed by atoms with E-state index in [9.17, 15) is 19.2 Å². The molecule has 0 saturated carbocycles. The summed E-state index contributed by atoms with van der Waals surface area (Å²) in [6.45, 7) is 4.28. The van der Waals surface area contributed by atoms with E-state index in [-0.39, 0.29) is 54.7 Å². The number of esters is 1. The molecule has 3 rings (SSSR count). The Morgan fingerprint density at radius 1 is 1.26 bits per heavy atom. The fourth-order valence-corrected chi connectivity index (χ4v) is 4.39. The van der Waals surface area contributed by atoms with Crippen LogP contribution in [0.1, 0.15) is 56.5 Å². The lowest BCUT2D eigenvalue weighted by Crippen LogP contribution is -2.47. The van der Waals surface area contributed by atoms with Gasteiger partial charge in [-0.15, -0.1) is 18.8 Å². The highest BCUT2D eigenvalue weighted by Gasteiger charge is 2.30. The van der Waals surface area contributed by atoms with E-state index < -0.39 is 17.8 Å². The number of carbonyl (C=O) groups is 3. The summed E-state index contributed by atoms with van der Waals surface area (Å²) in [7, 11) is 0. The molecule has 0 unspecified atom stereocenters. The van der Waals surface area contributed by atoms with Gasteiger partial charge in [-0.25, -0.2) is 4.79 Å². The molecule has 1 aromatic heterocycles. The van der Waals surface area contributed by atoms with Crippen molar-refractivity contribution in [2.45, 2.75) is 64.5 Å². The van der Waals surface area contributed by atoms with Crippen LogP contribution in [0, 0.1) is 31.1 Å². The topological polar surface area (TPSA) is 131 Å². The fourth-order valence-electron chi connectivity index (χ4n) is 4.39. The third-order valence-electron chi connectivity index (χ3n) is 6.46. The Bertz CT molecular complexity index is 961. The molecule has 1 aromatic rings. The number of piperidine rings is 2. The number of hydrogen-bond donors (Lipinski definition) is 2. The Balaban J connectivity index is 0.00000432. The van der Waals surface area contributed by atoms with Gasteiger partial charge in [0.25, 0.3) is 0 Å². The first-order chi connectivity index (χ1) is 16.4. The van der Waals surface area contributed by atoms with E-state index in [0.29, 0.717) is 31.8 Å². The zero-order valence-corrected chi connectivity index (χ0v) is 20.8. The Kier molecular flexibility index (Phi) is 11.3. The van der Waals surface area contributed by atoms with Gasteiger partial charge < -0.3 is 29.1 Å². The van der Waals surface area contributed by atoms with Crippen molar-refractivity contribution in [2.75, 3.05) is 26.2 Å². The quantitative estimate of drug-likeness (QED) is 0.377. The molecule has 2 fully saturated rings. The van der Waals surface area contributed by atoms with E-state index in [1.54, 1.807) is 4.90 Å². The molecule has 0 bridgehead atoms. The third kappa shape index (κ3) is 8.75. The number of halogens is 1. The average molecular weight is 512 g/mol. The number of terminal acetylenes is 1. The summed E-state index contributed by atoms with van der Waals surface area (Å²) in [4.78, 5) is 50.4. The Morgan fingerprint density at radius 3 is 2.66 bits per heavy atom. The molecule has 0 aromatic carbocycles. The van der Waals surface area contributed by atoms with Crippen LogP contribution in [0.3, 0.4) is 0 Å². The number of likely N-dealkylation sites (tertiary alicyclic amines) is 1. The van der Waals surface area contributed by atoms with Gasteiger partial charge in [0.05, 0.1) is 12.3 Å². The largest absolute Gasteiger partial charge is 0.519 e. The highest BCUT2D eigenvalue weighted by atomic mass is 35.5. The summed E-state index contributed by atoms with van der Waals surface area (Å²) in [5.41, 5.74) is 0. The number of carbonyl (C=O) groups excluding carboxylic acids is 3. The number of rotatable bonds is 9. The van der Waals surface area contributed by atoms with Gasteiger partial charge in [-0.2, -0.15) is 0 Å². The zero-order valence-electron chi connectivity index (χ0n) is 20.0. The average Bonchev–Trinajstić information content (AvgIpc) is 3.18. The maximum atomic E-state index is 12.8. The standard InChI is InChI=1S/C24H33N3O7.ClH/c1-3-19(13-22(29)32-15-20-16(2)33-24(31)34-20)26-23(30)18-5-4-12-27(14-18)21(28)7-6-17-8-10-25-11-9-17;/h1,17-19,25H,4-15H2,2H3,(H,26,30);1H/t18-,19-;/m1./s1. The van der Waals surface area contributed by atoms with E-state index in [1.807, 2.05) is 0 Å². The predicted molar refractivity (Wildman–Crippen MR) is 129 cm³/mol. The molecule has 2 aliphatic heterocycles. The Labute approximate surface area is 210 Å². The number of ether oxygens (including phenoxy) is 1. The van der Waals surface area contributed by atoms with E-state index in [2.05, 4.69) is 16.6 Å². The van der Waals surface area contributed by atoms with Crippen LogP contribution in [-0.2, 0) is 25.7 Å². The molecule has 2 saturated heterocycles. The van der Waals surface area contributed by atoms with Crippen molar-refractivity contribution in [2.24, 2.45) is 11.8 Å². The van der Waals surface area contributed by atoms with Crippen LogP contribution in [-0.4, -0.2) is 54.9 Å². The molecule has 35 heavy (non-hydrogen) atoms. The molecule has 194 valence electrons. The van der Waals surface area contributed by atoms with Crippen LogP contribution in [0.25, 0.3) is 0 Å². The van der Waals surface area contributed by atoms with Gasteiger partial charge in [-0.1, -0.05) is 5.92 Å². The Hall–Kier alpha value is -2.77. The second-order valence-corrected chi connectivity index (χ2v) is 8.94. The van der Waals surface area contributed by atoms with Gasteiger partial charge >= 0.3 is 11.8 Å². The first-order valence-corrected chi connectivity index (χ1v) is 11.9. The SMILES string of the molecule is C#C[C@H](CC(=O)OCc1oc(=O)oc1C)NC(=O)[C@@H]1CCCN(C(=O)CCC2CCNCC2)C1.Cl. The van der Waals surface area contributed by atoms with Gasteiger partial charge in [0.1, 0.15) is 6.04 Å². The molecule has 2 aliphatic rings. The van der Waals surface area contributed by atoms with Crippen molar-refractivity contribution >= 4 is 30.2 Å². The summed E-state index contributed by atoms with van der Waals surface area (Å²) < 4.78 is 14.6. The molecule has 11 heteroatoms. The van der Waals surface area contributed by atoms with Gasteiger partial charge in [0, 0.05) is 19.5 Å². The van der Waals surface area contributed by atoms with Crippen LogP contribution in [0.5, 0.6) is 0 Å². The molecule has 2 amide bonds. The molecule has 3 heterocycles. The van der Waals surface area contributed by atoms with E-state index >= 15 is 0 Å². The molecule has 0 radical (unpaired) electrons. The Morgan fingerprint density at radius 2 is 2.00 bits per heavy atom. The second kappa shape index (κ2) is 14.0. The van der Waals surface area contributed by atoms with Crippen LogP contribution in [0.4, 0.5) is 0 Å². The van der Waals surface area contributed by atoms with Crippen LogP contribution in [0.15, 0.2) is 13.6 Å². The lowest BCUT2D eigenvalue weighted by molar-refractivity contribution is -0.145. The summed E-state index contributed by atoms with van der Waals surface area (Å²) >= 11 is 0. The smallest absolute Gasteiger partial charge is 0.457 e. The minimum Gasteiger partial charge on any atom is -0.457 e. The first kappa shape index (κ1) is 28.5. The van der Waals surface area contributed by atoms with E-state index in [0.717, 1.165) is 38.8 Å². The van der Waals surface area contributed by atoms with Crippen molar-refractivity contribution in [1.29, 1.82) is 0 Å². The van der Waals surface area contributed by atoms with Crippen molar-refractivity contribution in [3.8, 4) is 12.3 Å². The molecule has 2 N–H and O–H groups in total. The van der Waals surface area contributed by atoms with Crippen LogP contribution < -0.4 is 16.5 Å².